The van der Waals surface area contributed by atoms with Crippen molar-refractivity contribution in [3.63, 3.8) is 0 Å². The highest BCUT2D eigenvalue weighted by Gasteiger charge is 2.40. The Morgan fingerprint density at radius 3 is 2.02 bits per heavy atom. The van der Waals surface area contributed by atoms with Crippen LogP contribution in [0.15, 0.2) is 36.9 Å². The Bertz CT molecular complexity index is 850. The number of ether oxygens (including phenoxy) is 7. The summed E-state index contributed by atoms with van der Waals surface area (Å²) in [7, 11) is 8.83. The molecule has 1 aromatic rings. The van der Waals surface area contributed by atoms with Gasteiger partial charge in [0.2, 0.25) is 0 Å². The highest BCUT2D eigenvalue weighted by molar-refractivity contribution is 8.18. The molecule has 5 atom stereocenters. The average Bonchev–Trinajstić information content (AvgIpc) is 3.05. The third-order valence-electron chi connectivity index (χ3n) is 8.30. The summed E-state index contributed by atoms with van der Waals surface area (Å²) in [6.45, 7) is 6.99. The van der Waals surface area contributed by atoms with Gasteiger partial charge in [-0.25, -0.2) is 0 Å². The molecule has 0 spiro atoms. The molecule has 7 nitrogen and oxygen atoms in total. The van der Waals surface area contributed by atoms with Crippen molar-refractivity contribution in [2.75, 3.05) is 53.8 Å². The maximum Gasteiger partial charge on any atom is 0.146 e. The number of methoxy groups -OCH3 is 5. The molecule has 0 radical (unpaired) electrons. The molecular formula is C35H60O7S2. The molecule has 0 unspecified atom stereocenters. The van der Waals surface area contributed by atoms with E-state index in [1.54, 1.807) is 14.2 Å². The van der Waals surface area contributed by atoms with Crippen LogP contribution in [0, 0.1) is 0 Å². The van der Waals surface area contributed by atoms with E-state index >= 15 is 0 Å². The van der Waals surface area contributed by atoms with Gasteiger partial charge in [-0.05, 0) is 74.1 Å². The van der Waals surface area contributed by atoms with Crippen LogP contribution in [-0.4, -0.2) is 88.4 Å². The summed E-state index contributed by atoms with van der Waals surface area (Å²) < 4.78 is 41.4. The van der Waals surface area contributed by atoms with E-state index in [1.807, 2.05) is 39.5 Å². The molecule has 2 rings (SSSR count). The summed E-state index contributed by atoms with van der Waals surface area (Å²) in [5.41, 5.74) is 1.12. The van der Waals surface area contributed by atoms with E-state index in [0.29, 0.717) is 6.61 Å². The van der Waals surface area contributed by atoms with E-state index < -0.39 is 0 Å². The molecule has 254 valence electrons. The van der Waals surface area contributed by atoms with Gasteiger partial charge in [0.25, 0.3) is 0 Å². The maximum absolute atomic E-state index is 6.71. The Kier molecular flexibility index (Phi) is 21.1. The smallest absolute Gasteiger partial charge is 0.146 e. The van der Waals surface area contributed by atoms with Crippen molar-refractivity contribution in [3.8, 4) is 5.75 Å². The molecular weight excluding hydrogens is 597 g/mol. The zero-order valence-electron chi connectivity index (χ0n) is 28.3. The largest absolute Gasteiger partial charge is 0.497 e. The van der Waals surface area contributed by atoms with Crippen molar-refractivity contribution in [1.82, 2.24) is 0 Å². The van der Waals surface area contributed by atoms with Gasteiger partial charge in [0.1, 0.15) is 12.5 Å². The molecule has 0 bridgehead atoms. The van der Waals surface area contributed by atoms with Gasteiger partial charge < -0.3 is 33.2 Å². The van der Waals surface area contributed by atoms with Crippen molar-refractivity contribution in [2.45, 2.75) is 119 Å². The molecule has 0 amide bonds. The number of thioether (sulfide) groups is 2. The topological polar surface area (TPSA) is 64.6 Å². The molecule has 44 heavy (non-hydrogen) atoms. The minimum Gasteiger partial charge on any atom is -0.497 e. The first-order chi connectivity index (χ1) is 21.4. The van der Waals surface area contributed by atoms with Crippen LogP contribution in [-0.2, 0) is 35.0 Å². The second-order valence-corrected chi connectivity index (χ2v) is 14.9. The van der Waals surface area contributed by atoms with Crippen LogP contribution >= 0.6 is 23.5 Å². The first kappa shape index (κ1) is 39.4. The van der Waals surface area contributed by atoms with Crippen molar-refractivity contribution < 1.29 is 33.2 Å². The fraction of sp³-hybridized carbons (Fsp3) is 0.771. The quantitative estimate of drug-likeness (QED) is 0.0557. The lowest BCUT2D eigenvalue weighted by molar-refractivity contribution is -0.0925. The van der Waals surface area contributed by atoms with E-state index in [4.69, 9.17) is 33.2 Å². The Hall–Kier alpha value is -0.780. The Morgan fingerprint density at radius 1 is 0.795 bits per heavy atom. The van der Waals surface area contributed by atoms with Gasteiger partial charge in [-0.1, -0.05) is 44.4 Å². The number of hydrogen-bond acceptors (Lipinski definition) is 9. The van der Waals surface area contributed by atoms with E-state index in [0.717, 1.165) is 67.8 Å². The van der Waals surface area contributed by atoms with Crippen molar-refractivity contribution >= 4 is 23.5 Å². The normalized spacial score (nSPS) is 18.3. The maximum atomic E-state index is 6.71. The molecule has 0 saturated carbocycles. The number of unbranched alkanes of at least 4 members (excludes halogenated alkanes) is 2. The minimum absolute atomic E-state index is 0.0100. The van der Waals surface area contributed by atoms with E-state index in [-0.39, 0.29) is 41.4 Å². The Balaban J connectivity index is 2.20. The van der Waals surface area contributed by atoms with Crippen LogP contribution in [0.4, 0.5) is 0 Å². The zero-order chi connectivity index (χ0) is 32.0. The molecule has 1 aromatic carbocycles. The second-order valence-electron chi connectivity index (χ2n) is 11.6. The highest BCUT2D eigenvalue weighted by Crippen LogP contribution is 2.50. The monoisotopic (exact) mass is 656 g/mol. The third-order valence-corrected chi connectivity index (χ3v) is 11.7. The predicted molar refractivity (Wildman–Crippen MR) is 185 cm³/mol. The molecule has 9 heteroatoms. The van der Waals surface area contributed by atoms with Crippen LogP contribution in [0.3, 0.4) is 0 Å². The Morgan fingerprint density at radius 2 is 1.43 bits per heavy atom. The van der Waals surface area contributed by atoms with Gasteiger partial charge in [-0.3, -0.25) is 0 Å². The van der Waals surface area contributed by atoms with E-state index in [2.05, 4.69) is 49.2 Å². The van der Waals surface area contributed by atoms with Crippen LogP contribution in [0.1, 0.15) is 83.1 Å². The minimum atomic E-state index is -0.0289. The molecule has 1 saturated heterocycles. The van der Waals surface area contributed by atoms with E-state index in [9.17, 15) is 0 Å². The van der Waals surface area contributed by atoms with Gasteiger partial charge in [0.15, 0.2) is 0 Å². The molecule has 0 aromatic heterocycles. The predicted octanol–water partition coefficient (Wildman–Crippen LogP) is 8.29. The molecule has 0 N–H and O–H groups in total. The summed E-state index contributed by atoms with van der Waals surface area (Å²) in [5, 5.41) is 0. The van der Waals surface area contributed by atoms with Gasteiger partial charge in [-0.15, -0.1) is 30.1 Å². The van der Waals surface area contributed by atoms with Crippen LogP contribution in [0.25, 0.3) is 0 Å². The fourth-order valence-electron chi connectivity index (χ4n) is 5.74. The fourth-order valence-corrected chi connectivity index (χ4v) is 9.30. The highest BCUT2D eigenvalue weighted by atomic mass is 32.2. The van der Waals surface area contributed by atoms with Gasteiger partial charge in [0, 0.05) is 34.9 Å². The van der Waals surface area contributed by atoms with Crippen molar-refractivity contribution in [1.29, 1.82) is 0 Å². The van der Waals surface area contributed by atoms with Gasteiger partial charge >= 0.3 is 0 Å². The van der Waals surface area contributed by atoms with Crippen molar-refractivity contribution in [2.24, 2.45) is 0 Å². The molecule has 1 aliphatic rings. The Labute approximate surface area is 276 Å². The molecule has 1 fully saturated rings. The lowest BCUT2D eigenvalue weighted by Crippen LogP contribution is -2.38. The van der Waals surface area contributed by atoms with Gasteiger partial charge in [0.05, 0.1) is 48.3 Å². The first-order valence-corrected chi connectivity index (χ1v) is 18.2. The zero-order valence-corrected chi connectivity index (χ0v) is 29.9. The summed E-state index contributed by atoms with van der Waals surface area (Å²) >= 11 is 4.14. The number of benzene rings is 1. The SMILES string of the molecule is C=CC[C@@H](C[C@@H](CC1(C[C@@H](C[C@@H](C[C@@H](CCCCC)OC)OC)OC)SCCCS1)OCc1ccc(OC)cc1)OCOC. The van der Waals surface area contributed by atoms with Crippen molar-refractivity contribution in [3.05, 3.63) is 42.5 Å². The third kappa shape index (κ3) is 15.2. The van der Waals surface area contributed by atoms with E-state index in [1.165, 1.54) is 25.7 Å². The van der Waals surface area contributed by atoms with Gasteiger partial charge in [-0.2, -0.15) is 0 Å². The standard InChI is InChI=1S/C35H60O7S2/c1-8-10-11-14-30(38-5)21-32(39-6)23-33(40-7)24-35(43-19-12-20-44-35)25-34(22-31(13-9-2)42-27-36-3)41-26-28-15-17-29(37-4)18-16-28/h9,15-18,30-34H,2,8,10-14,19-27H2,1,3-7H3/t30-,31+,32-,33-,34+/m1/s1. The van der Waals surface area contributed by atoms with Crippen LogP contribution in [0.5, 0.6) is 5.75 Å². The molecule has 1 heterocycles. The molecule has 0 aliphatic carbocycles. The van der Waals surface area contributed by atoms with Crippen LogP contribution in [0.2, 0.25) is 0 Å². The van der Waals surface area contributed by atoms with Crippen LogP contribution < -0.4 is 4.74 Å². The number of rotatable bonds is 26. The second kappa shape index (κ2) is 23.5. The number of hydrogen-bond donors (Lipinski definition) is 0. The summed E-state index contributed by atoms with van der Waals surface area (Å²) in [5.74, 6) is 3.12. The first-order valence-electron chi connectivity index (χ1n) is 16.3. The lowest BCUT2D eigenvalue weighted by Gasteiger charge is -2.41. The lowest BCUT2D eigenvalue weighted by atomic mass is 9.96. The average molecular weight is 657 g/mol. The summed E-state index contributed by atoms with van der Waals surface area (Å²) in [6.07, 6.45) is 13.2. The summed E-state index contributed by atoms with van der Waals surface area (Å²) in [4.78, 5) is 0. The molecule has 1 aliphatic heterocycles. The summed E-state index contributed by atoms with van der Waals surface area (Å²) in [6, 6.07) is 8.11.